The minimum Gasteiger partial charge on any atom is -0.376 e. The van der Waals surface area contributed by atoms with Gasteiger partial charge in [-0.1, -0.05) is 67.9 Å². The Kier molecular flexibility index (Phi) is 4.73. The second kappa shape index (κ2) is 5.97. The fourth-order valence-corrected chi connectivity index (χ4v) is 3.85. The van der Waals surface area contributed by atoms with Crippen molar-refractivity contribution in [2.24, 2.45) is 5.92 Å². The third-order valence-electron chi connectivity index (χ3n) is 4.31. The van der Waals surface area contributed by atoms with Crippen LogP contribution in [0.2, 0.25) is 0 Å². The van der Waals surface area contributed by atoms with E-state index in [0.717, 1.165) is 19.4 Å². The zero-order chi connectivity index (χ0) is 14.0. The Labute approximate surface area is 125 Å². The van der Waals surface area contributed by atoms with Crippen molar-refractivity contribution >= 4 is 15.9 Å². The Morgan fingerprint density at radius 3 is 2.26 bits per heavy atom. The number of alkyl halides is 1. The Morgan fingerprint density at radius 1 is 1.26 bits per heavy atom. The minimum absolute atomic E-state index is 0.158. The van der Waals surface area contributed by atoms with E-state index in [1.54, 1.807) is 0 Å². The molecule has 19 heavy (non-hydrogen) atoms. The second-order valence-corrected chi connectivity index (χ2v) is 7.53. The molecule has 2 heteroatoms. The number of hydrogen-bond acceptors (Lipinski definition) is 1. The molecule has 0 spiro atoms. The van der Waals surface area contributed by atoms with E-state index >= 15 is 0 Å². The summed E-state index contributed by atoms with van der Waals surface area (Å²) in [4.78, 5) is 0.439. The highest BCUT2D eigenvalue weighted by atomic mass is 79.9. The molecular weight excluding hydrogens is 300 g/mol. The van der Waals surface area contributed by atoms with E-state index in [-0.39, 0.29) is 5.41 Å². The first-order valence-electron chi connectivity index (χ1n) is 7.35. The molecule has 1 heterocycles. The third-order valence-corrected chi connectivity index (χ3v) is 5.13. The number of rotatable bonds is 5. The number of ether oxygens (including phenoxy) is 1. The lowest BCUT2D eigenvalue weighted by Gasteiger charge is -2.51. The van der Waals surface area contributed by atoms with Gasteiger partial charge >= 0.3 is 0 Å². The quantitative estimate of drug-likeness (QED) is 0.712. The molecule has 1 fully saturated rings. The summed E-state index contributed by atoms with van der Waals surface area (Å²) < 4.78 is 5.78. The molecule has 1 nitrogen and oxygen atoms in total. The monoisotopic (exact) mass is 324 g/mol. The standard InChI is InChI=1S/C17H25BrO/c1-5-16-17(11-19-16,13(4)18)15-8-6-14(7-9-15)10-12(2)3/h6-9,12-13,16H,5,10-11H2,1-4H3. The molecule has 3 atom stereocenters. The van der Waals surface area contributed by atoms with Crippen molar-refractivity contribution in [3.05, 3.63) is 35.4 Å². The van der Waals surface area contributed by atoms with Crippen LogP contribution in [0.5, 0.6) is 0 Å². The van der Waals surface area contributed by atoms with Gasteiger partial charge in [-0.2, -0.15) is 0 Å². The van der Waals surface area contributed by atoms with Crippen LogP contribution in [0.15, 0.2) is 24.3 Å². The molecule has 1 aromatic rings. The van der Waals surface area contributed by atoms with Crippen LogP contribution in [-0.4, -0.2) is 17.5 Å². The van der Waals surface area contributed by atoms with E-state index < -0.39 is 0 Å². The molecule has 1 aromatic carbocycles. The summed E-state index contributed by atoms with van der Waals surface area (Å²) in [6.45, 7) is 9.82. The molecule has 0 amide bonds. The number of hydrogen-bond donors (Lipinski definition) is 0. The molecule has 0 aliphatic carbocycles. The van der Waals surface area contributed by atoms with Crippen molar-refractivity contribution in [2.45, 2.75) is 56.9 Å². The fraction of sp³-hybridized carbons (Fsp3) is 0.647. The first kappa shape index (κ1) is 15.1. The molecule has 0 saturated carbocycles. The van der Waals surface area contributed by atoms with Gasteiger partial charge in [0.2, 0.25) is 0 Å². The molecule has 1 aliphatic heterocycles. The largest absolute Gasteiger partial charge is 0.376 e. The Balaban J connectivity index is 2.24. The van der Waals surface area contributed by atoms with E-state index in [1.807, 2.05) is 0 Å². The van der Waals surface area contributed by atoms with Crippen molar-refractivity contribution in [1.29, 1.82) is 0 Å². The van der Waals surface area contributed by atoms with E-state index in [1.165, 1.54) is 11.1 Å². The van der Waals surface area contributed by atoms with Crippen LogP contribution in [0.4, 0.5) is 0 Å². The molecule has 0 N–H and O–H groups in total. The van der Waals surface area contributed by atoms with Gasteiger partial charge in [-0.3, -0.25) is 0 Å². The Hall–Kier alpha value is -0.340. The van der Waals surface area contributed by atoms with Gasteiger partial charge in [0, 0.05) is 4.83 Å². The summed E-state index contributed by atoms with van der Waals surface area (Å²) in [5.41, 5.74) is 3.01. The number of halogens is 1. The molecule has 0 aromatic heterocycles. The van der Waals surface area contributed by atoms with Gasteiger partial charge in [-0.15, -0.1) is 0 Å². The highest BCUT2D eigenvalue weighted by Crippen LogP contribution is 2.45. The Bertz CT molecular complexity index is 408. The SMILES string of the molecule is CCC1OCC1(c1ccc(CC(C)C)cc1)C(C)Br. The average molecular weight is 325 g/mol. The zero-order valence-electron chi connectivity index (χ0n) is 12.4. The lowest BCUT2D eigenvalue weighted by atomic mass is 9.69. The third kappa shape index (κ3) is 2.75. The van der Waals surface area contributed by atoms with Gasteiger partial charge in [0.25, 0.3) is 0 Å². The zero-order valence-corrected chi connectivity index (χ0v) is 14.0. The van der Waals surface area contributed by atoms with Crippen molar-refractivity contribution in [3.63, 3.8) is 0 Å². The first-order valence-corrected chi connectivity index (χ1v) is 8.27. The summed E-state index contributed by atoms with van der Waals surface area (Å²) in [7, 11) is 0. The van der Waals surface area contributed by atoms with Crippen LogP contribution in [-0.2, 0) is 16.6 Å². The molecule has 1 saturated heterocycles. The van der Waals surface area contributed by atoms with Gasteiger partial charge in [0.05, 0.1) is 18.1 Å². The summed E-state index contributed by atoms with van der Waals surface area (Å²) in [5.74, 6) is 0.713. The predicted octanol–water partition coefficient (Wildman–Crippen LogP) is 4.72. The maximum absolute atomic E-state index is 5.78. The van der Waals surface area contributed by atoms with E-state index in [2.05, 4.69) is 67.9 Å². The summed E-state index contributed by atoms with van der Waals surface area (Å²) in [6.07, 6.45) is 2.58. The Morgan fingerprint density at radius 2 is 1.89 bits per heavy atom. The fourth-order valence-electron chi connectivity index (χ4n) is 3.16. The summed E-state index contributed by atoms with van der Waals surface area (Å²) in [5, 5.41) is 0. The van der Waals surface area contributed by atoms with E-state index in [4.69, 9.17) is 4.74 Å². The number of benzene rings is 1. The predicted molar refractivity (Wildman–Crippen MR) is 85.1 cm³/mol. The molecule has 0 radical (unpaired) electrons. The van der Waals surface area contributed by atoms with Crippen LogP contribution < -0.4 is 0 Å². The molecule has 0 bridgehead atoms. The van der Waals surface area contributed by atoms with E-state index in [0.29, 0.717) is 16.8 Å². The highest BCUT2D eigenvalue weighted by Gasteiger charge is 2.51. The van der Waals surface area contributed by atoms with Gasteiger partial charge in [-0.25, -0.2) is 0 Å². The summed E-state index contributed by atoms with van der Waals surface area (Å²) in [6, 6.07) is 9.19. The second-order valence-electron chi connectivity index (χ2n) is 6.16. The summed E-state index contributed by atoms with van der Waals surface area (Å²) >= 11 is 3.81. The van der Waals surface area contributed by atoms with Crippen LogP contribution in [0.1, 0.15) is 45.2 Å². The first-order chi connectivity index (χ1) is 9.00. The van der Waals surface area contributed by atoms with Gasteiger partial charge in [0.15, 0.2) is 0 Å². The van der Waals surface area contributed by atoms with Gasteiger partial charge in [0.1, 0.15) is 0 Å². The van der Waals surface area contributed by atoms with Crippen LogP contribution in [0.3, 0.4) is 0 Å². The smallest absolute Gasteiger partial charge is 0.0702 e. The molecule has 1 aliphatic rings. The van der Waals surface area contributed by atoms with E-state index in [9.17, 15) is 0 Å². The average Bonchev–Trinajstić information content (AvgIpc) is 2.30. The highest BCUT2D eigenvalue weighted by molar-refractivity contribution is 9.09. The maximum Gasteiger partial charge on any atom is 0.0702 e. The molecule has 3 unspecified atom stereocenters. The van der Waals surface area contributed by atoms with Crippen LogP contribution in [0, 0.1) is 5.92 Å². The maximum atomic E-state index is 5.78. The lowest BCUT2D eigenvalue weighted by molar-refractivity contribution is -0.138. The lowest BCUT2D eigenvalue weighted by Crippen LogP contribution is -2.59. The van der Waals surface area contributed by atoms with Crippen LogP contribution >= 0.6 is 15.9 Å². The topological polar surface area (TPSA) is 9.23 Å². The van der Waals surface area contributed by atoms with Crippen molar-refractivity contribution in [3.8, 4) is 0 Å². The van der Waals surface area contributed by atoms with Crippen LogP contribution in [0.25, 0.3) is 0 Å². The van der Waals surface area contributed by atoms with Crippen molar-refractivity contribution in [1.82, 2.24) is 0 Å². The molecule has 2 rings (SSSR count). The molecular formula is C17H25BrO. The molecule has 106 valence electrons. The van der Waals surface area contributed by atoms with Crippen molar-refractivity contribution < 1.29 is 4.74 Å². The van der Waals surface area contributed by atoms with Gasteiger partial charge < -0.3 is 4.74 Å². The normalized spacial score (nSPS) is 28.2. The minimum atomic E-state index is 0.158. The van der Waals surface area contributed by atoms with Crippen molar-refractivity contribution in [2.75, 3.05) is 6.61 Å². The van der Waals surface area contributed by atoms with Gasteiger partial charge in [-0.05, 0) is 29.9 Å².